The molecule has 7 rings (SSSR count). The lowest BCUT2D eigenvalue weighted by Crippen LogP contribution is -2.16. The van der Waals surface area contributed by atoms with Gasteiger partial charge in [0.05, 0.1) is 76.9 Å². The van der Waals surface area contributed by atoms with Crippen LogP contribution in [-0.4, -0.2) is 64.6 Å². The first-order chi connectivity index (χ1) is 27.1. The van der Waals surface area contributed by atoms with Crippen molar-refractivity contribution >= 4 is 43.9 Å². The first-order valence-electron chi connectivity index (χ1n) is 18.3. The number of carbonyl (C=O) groups is 2. The lowest BCUT2D eigenvalue weighted by atomic mass is 9.98. The summed E-state index contributed by atoms with van der Waals surface area (Å²) >= 11 is 6.39. The van der Waals surface area contributed by atoms with Crippen molar-refractivity contribution < 1.29 is 28.6 Å². The molecule has 57 heavy (non-hydrogen) atoms. The van der Waals surface area contributed by atoms with Crippen molar-refractivity contribution in [1.29, 1.82) is 0 Å². The van der Waals surface area contributed by atoms with Crippen LogP contribution in [0.2, 0.25) is 0 Å². The third kappa shape index (κ3) is 10.6. The third-order valence-corrected chi connectivity index (χ3v) is 10.9. The van der Waals surface area contributed by atoms with Gasteiger partial charge in [-0.05, 0) is 90.1 Å². The van der Waals surface area contributed by atoms with Gasteiger partial charge in [-0.1, -0.05) is 13.8 Å². The highest BCUT2D eigenvalue weighted by Gasteiger charge is 2.26. The molecule has 0 radical (unpaired) electrons. The molecule has 0 aliphatic carbocycles. The Balaban J connectivity index is 0.000000182. The molecular weight excluding hydrogens is 868 g/mol. The summed E-state index contributed by atoms with van der Waals surface area (Å²) in [6, 6.07) is 8.86. The van der Waals surface area contributed by atoms with Gasteiger partial charge in [-0.3, -0.25) is 19.0 Å². The predicted octanol–water partition coefficient (Wildman–Crippen LogP) is 7.38. The summed E-state index contributed by atoms with van der Waals surface area (Å²) < 4.78 is 36.6. The number of aryl methyl sites for hydroxylation is 4. The summed E-state index contributed by atoms with van der Waals surface area (Å²) in [6.45, 7) is 8.57. The standard InChI is InChI=1S/C18H20BrFN4O.C18H21FN4O.C4H4BrNO2/c1-4-16-18(19)24(10-21-16)9-12-8-23(3)22-17(12)14-6-5-13(20)7-15(14)11(2)25;1-4-15-10-23(11-20-15)9-13-8-22(3)21-18(13)16-6-5-14(19)7-17(16)12(2)24;5-6-3(7)1-2-4(6)8/h5-8,10-11,25H,4,9H2,1-3H3;5-8,10-12,24H,4,9H2,1-3H3;1-2H2. The summed E-state index contributed by atoms with van der Waals surface area (Å²) in [6.07, 6.45) is 10.4. The normalized spacial score (nSPS) is 13.6. The van der Waals surface area contributed by atoms with E-state index < -0.39 is 12.2 Å². The molecule has 0 spiro atoms. The average molecular weight is 914 g/mol. The third-order valence-electron chi connectivity index (χ3n) is 9.16. The van der Waals surface area contributed by atoms with Crippen molar-refractivity contribution in [2.45, 2.75) is 78.7 Å². The van der Waals surface area contributed by atoms with Crippen molar-refractivity contribution in [3.8, 4) is 22.5 Å². The van der Waals surface area contributed by atoms with Crippen LogP contribution in [0.15, 0.2) is 72.2 Å². The molecule has 2 unspecified atom stereocenters. The number of amides is 2. The Labute approximate surface area is 346 Å². The second-order valence-electron chi connectivity index (χ2n) is 13.6. The van der Waals surface area contributed by atoms with Crippen LogP contribution < -0.4 is 0 Å². The maximum atomic E-state index is 13.6. The molecule has 1 aliphatic heterocycles. The fourth-order valence-electron chi connectivity index (χ4n) is 6.31. The topological polar surface area (TPSA) is 149 Å². The lowest BCUT2D eigenvalue weighted by Gasteiger charge is -2.12. The number of rotatable bonds is 10. The first-order valence-corrected chi connectivity index (χ1v) is 19.8. The van der Waals surface area contributed by atoms with Gasteiger partial charge in [-0.15, -0.1) is 0 Å². The van der Waals surface area contributed by atoms with Crippen LogP contribution in [-0.2, 0) is 49.6 Å². The first kappa shape index (κ1) is 43.3. The number of imide groups is 1. The van der Waals surface area contributed by atoms with Gasteiger partial charge in [0.15, 0.2) is 0 Å². The van der Waals surface area contributed by atoms with Crippen LogP contribution in [0, 0.1) is 11.6 Å². The quantitative estimate of drug-likeness (QED) is 0.107. The molecule has 2 atom stereocenters. The van der Waals surface area contributed by atoms with Gasteiger partial charge in [0.1, 0.15) is 16.2 Å². The molecule has 0 bridgehead atoms. The van der Waals surface area contributed by atoms with E-state index in [0.717, 1.165) is 66.4 Å². The van der Waals surface area contributed by atoms with Crippen molar-refractivity contribution in [2.75, 3.05) is 0 Å². The van der Waals surface area contributed by atoms with E-state index in [1.165, 1.54) is 24.3 Å². The number of benzene rings is 2. The Morgan fingerprint density at radius 2 is 1.26 bits per heavy atom. The number of aliphatic hydroxyl groups excluding tert-OH is 2. The predicted molar refractivity (Wildman–Crippen MR) is 218 cm³/mol. The zero-order chi connectivity index (χ0) is 41.6. The highest BCUT2D eigenvalue weighted by molar-refractivity contribution is 9.10. The summed E-state index contributed by atoms with van der Waals surface area (Å²) in [5, 5.41) is 29.1. The van der Waals surface area contributed by atoms with Crippen molar-refractivity contribution in [1.82, 2.24) is 42.6 Å². The van der Waals surface area contributed by atoms with Crippen LogP contribution in [0.5, 0.6) is 0 Å². The van der Waals surface area contributed by atoms with Gasteiger partial charge in [0.2, 0.25) is 11.8 Å². The van der Waals surface area contributed by atoms with Crippen molar-refractivity contribution in [3.05, 3.63) is 118 Å². The molecule has 1 aliphatic rings. The Morgan fingerprint density at radius 3 is 1.67 bits per heavy atom. The molecule has 5 heterocycles. The molecule has 4 aromatic heterocycles. The molecule has 2 aromatic carbocycles. The number of hydrogen-bond donors (Lipinski definition) is 2. The van der Waals surface area contributed by atoms with Crippen LogP contribution >= 0.6 is 32.1 Å². The van der Waals surface area contributed by atoms with Gasteiger partial charge in [-0.25, -0.2) is 22.7 Å². The average Bonchev–Trinajstić information content (AvgIpc) is 4.01. The Hall–Kier alpha value is -4.84. The van der Waals surface area contributed by atoms with E-state index in [9.17, 15) is 28.6 Å². The second-order valence-corrected chi connectivity index (χ2v) is 15.1. The number of carbonyl (C=O) groups excluding carboxylic acids is 2. The van der Waals surface area contributed by atoms with Gasteiger partial charge in [0, 0.05) is 67.8 Å². The molecule has 1 fully saturated rings. The Morgan fingerprint density at radius 1 is 0.754 bits per heavy atom. The van der Waals surface area contributed by atoms with Gasteiger partial charge in [0.25, 0.3) is 0 Å². The van der Waals surface area contributed by atoms with Crippen LogP contribution in [0.25, 0.3) is 22.5 Å². The van der Waals surface area contributed by atoms with Crippen LogP contribution in [0.3, 0.4) is 0 Å². The molecule has 13 nitrogen and oxygen atoms in total. The van der Waals surface area contributed by atoms with Crippen molar-refractivity contribution in [2.24, 2.45) is 14.1 Å². The molecule has 17 heteroatoms. The minimum atomic E-state index is -0.785. The zero-order valence-corrected chi connectivity index (χ0v) is 35.7. The summed E-state index contributed by atoms with van der Waals surface area (Å²) in [4.78, 5) is 29.6. The molecule has 2 N–H and O–H groups in total. The molecule has 6 aromatic rings. The van der Waals surface area contributed by atoms with E-state index in [4.69, 9.17) is 0 Å². The molecule has 1 saturated heterocycles. The Bertz CT molecular complexity index is 2330. The van der Waals surface area contributed by atoms with Gasteiger partial charge in [-0.2, -0.15) is 10.2 Å². The summed E-state index contributed by atoms with van der Waals surface area (Å²) in [7, 11) is 3.70. The van der Waals surface area contributed by atoms with E-state index >= 15 is 0 Å². The number of aromatic nitrogens is 8. The fraction of sp³-hybridized carbons (Fsp3) is 0.350. The maximum absolute atomic E-state index is 13.6. The monoisotopic (exact) mass is 911 g/mol. The summed E-state index contributed by atoms with van der Waals surface area (Å²) in [5.41, 5.74) is 8.02. The molecular formula is C40H45Br2F2N9O4. The van der Waals surface area contributed by atoms with Crippen LogP contribution in [0.4, 0.5) is 8.78 Å². The fourth-order valence-corrected chi connectivity index (χ4v) is 7.27. The summed E-state index contributed by atoms with van der Waals surface area (Å²) in [5.74, 6) is -1.03. The van der Waals surface area contributed by atoms with E-state index in [0.29, 0.717) is 37.1 Å². The largest absolute Gasteiger partial charge is 0.389 e. The van der Waals surface area contributed by atoms with E-state index in [2.05, 4.69) is 66.1 Å². The van der Waals surface area contributed by atoms with Gasteiger partial charge < -0.3 is 19.3 Å². The van der Waals surface area contributed by atoms with Crippen molar-refractivity contribution in [3.63, 3.8) is 0 Å². The minimum Gasteiger partial charge on any atom is -0.389 e. The zero-order valence-electron chi connectivity index (χ0n) is 32.5. The van der Waals surface area contributed by atoms with Gasteiger partial charge >= 0.3 is 0 Å². The maximum Gasteiger partial charge on any atom is 0.239 e. The minimum absolute atomic E-state index is 0.144. The molecule has 0 saturated carbocycles. The number of nitrogens with zero attached hydrogens (tertiary/aromatic N) is 9. The van der Waals surface area contributed by atoms with E-state index in [1.807, 2.05) is 41.8 Å². The number of aliphatic hydroxyl groups is 2. The highest BCUT2D eigenvalue weighted by Crippen LogP contribution is 2.33. The second kappa shape index (κ2) is 19.1. The molecule has 302 valence electrons. The highest BCUT2D eigenvalue weighted by atomic mass is 79.9. The number of hydrogen-bond acceptors (Lipinski definition) is 8. The Kier molecular flexibility index (Phi) is 14.5. The molecule has 2 amide bonds. The van der Waals surface area contributed by atoms with E-state index in [1.54, 1.807) is 48.0 Å². The number of halogens is 4. The SMILES string of the molecule is CCc1cn(Cc2cn(C)nc2-c2ccc(F)cc2C(C)O)cn1.CCc1ncn(Cc2cn(C)nc2-c2ccc(F)cc2C(C)O)c1Br.O=C1CCC(=O)N1Br. The lowest BCUT2D eigenvalue weighted by molar-refractivity contribution is -0.131. The number of imidazole rings is 2. The van der Waals surface area contributed by atoms with E-state index in [-0.39, 0.29) is 23.4 Å². The van der Waals surface area contributed by atoms with Crippen LogP contribution in [0.1, 0.15) is 86.4 Å². The smallest absolute Gasteiger partial charge is 0.239 e.